The first-order valence-corrected chi connectivity index (χ1v) is 12.8. The van der Waals surface area contributed by atoms with Gasteiger partial charge < -0.3 is 4.57 Å². The van der Waals surface area contributed by atoms with E-state index in [0.717, 1.165) is 28.0 Å². The first-order valence-electron chi connectivity index (χ1n) is 12.8. The molecule has 0 spiro atoms. The van der Waals surface area contributed by atoms with Gasteiger partial charge in [0.05, 0.1) is 34.1 Å². The van der Waals surface area contributed by atoms with Crippen molar-refractivity contribution in [3.8, 4) is 45.4 Å². The average Bonchev–Trinajstić information content (AvgIpc) is 3.35. The molecule has 3 aromatic heterocycles. The van der Waals surface area contributed by atoms with Crippen molar-refractivity contribution in [2.75, 3.05) is 0 Å². The van der Waals surface area contributed by atoms with Crippen LogP contribution < -0.4 is 0 Å². The lowest BCUT2D eigenvalue weighted by molar-refractivity contribution is 1.18. The lowest BCUT2D eigenvalue weighted by Gasteiger charge is -2.10. The Hall–Kier alpha value is -5.53. The minimum Gasteiger partial charge on any atom is -0.309 e. The molecular formula is C35H22N4. The zero-order chi connectivity index (χ0) is 26.2. The van der Waals surface area contributed by atoms with Crippen LogP contribution in [0.15, 0.2) is 134 Å². The highest BCUT2D eigenvalue weighted by Crippen LogP contribution is 2.37. The number of para-hydroxylation sites is 1. The molecule has 0 saturated heterocycles. The Labute approximate surface area is 226 Å². The van der Waals surface area contributed by atoms with Crippen molar-refractivity contribution < 1.29 is 0 Å². The maximum Gasteiger partial charge on any atom is 0.0992 e. The lowest BCUT2D eigenvalue weighted by atomic mass is 10.0. The van der Waals surface area contributed by atoms with E-state index < -0.39 is 0 Å². The van der Waals surface area contributed by atoms with Crippen molar-refractivity contribution in [3.63, 3.8) is 0 Å². The summed E-state index contributed by atoms with van der Waals surface area (Å²) in [5.74, 6) is 0. The second-order valence-electron chi connectivity index (χ2n) is 9.47. The lowest BCUT2D eigenvalue weighted by Crippen LogP contribution is -1.94. The van der Waals surface area contributed by atoms with Gasteiger partial charge in [0.1, 0.15) is 0 Å². The minimum absolute atomic E-state index is 0.570. The molecule has 0 aliphatic rings. The number of hydrogen-bond acceptors (Lipinski definition) is 3. The topological polar surface area (TPSA) is 54.5 Å². The van der Waals surface area contributed by atoms with E-state index in [9.17, 15) is 5.26 Å². The first-order chi connectivity index (χ1) is 19.3. The molecule has 4 heteroatoms. The third-order valence-electron chi connectivity index (χ3n) is 7.14. The SMILES string of the molecule is N#Cc1ccnc(-c2ccc(-c3ccc4c5ccc(-c6ccccc6)cc5n(-c5ccccc5)c4c3)cn2)c1. The Morgan fingerprint density at radius 1 is 0.538 bits per heavy atom. The van der Waals surface area contributed by atoms with Crippen LogP contribution in [-0.4, -0.2) is 14.5 Å². The monoisotopic (exact) mass is 498 g/mol. The summed E-state index contributed by atoms with van der Waals surface area (Å²) in [6.45, 7) is 0. The number of nitriles is 1. The Morgan fingerprint density at radius 2 is 1.18 bits per heavy atom. The zero-order valence-electron chi connectivity index (χ0n) is 21.0. The smallest absolute Gasteiger partial charge is 0.0992 e. The second kappa shape index (κ2) is 9.41. The van der Waals surface area contributed by atoms with Crippen LogP contribution in [0.4, 0.5) is 0 Å². The fourth-order valence-electron chi connectivity index (χ4n) is 5.22. The number of fused-ring (bicyclic) bond motifs is 3. The summed E-state index contributed by atoms with van der Waals surface area (Å²) in [7, 11) is 0. The number of benzene rings is 4. The van der Waals surface area contributed by atoms with E-state index >= 15 is 0 Å². The molecule has 39 heavy (non-hydrogen) atoms. The van der Waals surface area contributed by atoms with E-state index in [-0.39, 0.29) is 0 Å². The van der Waals surface area contributed by atoms with Gasteiger partial charge in [-0.25, -0.2) is 0 Å². The second-order valence-corrected chi connectivity index (χ2v) is 9.47. The predicted molar refractivity (Wildman–Crippen MR) is 157 cm³/mol. The van der Waals surface area contributed by atoms with Crippen LogP contribution >= 0.6 is 0 Å². The van der Waals surface area contributed by atoms with Crippen LogP contribution in [0.25, 0.3) is 61.1 Å². The Balaban J connectivity index is 1.38. The van der Waals surface area contributed by atoms with Crippen LogP contribution in [-0.2, 0) is 0 Å². The molecule has 0 saturated carbocycles. The molecule has 0 amide bonds. The van der Waals surface area contributed by atoms with Crippen molar-refractivity contribution >= 4 is 21.8 Å². The molecule has 182 valence electrons. The van der Waals surface area contributed by atoms with Gasteiger partial charge in [0.15, 0.2) is 0 Å². The molecule has 4 aromatic carbocycles. The number of hydrogen-bond donors (Lipinski definition) is 0. The van der Waals surface area contributed by atoms with E-state index in [2.05, 4.69) is 112 Å². The molecule has 0 fully saturated rings. The van der Waals surface area contributed by atoms with Gasteiger partial charge in [0.2, 0.25) is 0 Å². The van der Waals surface area contributed by atoms with Gasteiger partial charge in [-0.1, -0.05) is 78.9 Å². The number of nitrogens with zero attached hydrogens (tertiary/aromatic N) is 4. The highest BCUT2D eigenvalue weighted by Gasteiger charge is 2.15. The zero-order valence-corrected chi connectivity index (χ0v) is 21.0. The number of rotatable bonds is 4. The summed E-state index contributed by atoms with van der Waals surface area (Å²) in [5, 5.41) is 11.6. The Morgan fingerprint density at radius 3 is 1.82 bits per heavy atom. The van der Waals surface area contributed by atoms with Gasteiger partial charge in [-0.3, -0.25) is 9.97 Å². The molecule has 4 nitrogen and oxygen atoms in total. The van der Waals surface area contributed by atoms with Gasteiger partial charge >= 0.3 is 0 Å². The first kappa shape index (κ1) is 22.7. The quantitative estimate of drug-likeness (QED) is 0.245. The molecule has 0 atom stereocenters. The van der Waals surface area contributed by atoms with Gasteiger partial charge in [-0.05, 0) is 59.2 Å². The van der Waals surface area contributed by atoms with E-state index in [1.54, 1.807) is 18.3 Å². The van der Waals surface area contributed by atoms with Gasteiger partial charge in [-0.15, -0.1) is 0 Å². The number of pyridine rings is 2. The summed E-state index contributed by atoms with van der Waals surface area (Å²) in [6, 6.07) is 44.0. The van der Waals surface area contributed by atoms with E-state index in [1.807, 2.05) is 24.4 Å². The molecule has 3 heterocycles. The van der Waals surface area contributed by atoms with Crippen LogP contribution in [0, 0.1) is 11.3 Å². The Kier molecular flexibility index (Phi) is 5.46. The predicted octanol–water partition coefficient (Wildman–Crippen LogP) is 8.45. The van der Waals surface area contributed by atoms with Crippen molar-refractivity contribution in [2.24, 2.45) is 0 Å². The van der Waals surface area contributed by atoms with Crippen molar-refractivity contribution in [1.82, 2.24) is 14.5 Å². The maximum atomic E-state index is 9.22. The van der Waals surface area contributed by atoms with Crippen molar-refractivity contribution in [3.05, 3.63) is 139 Å². The summed E-state index contributed by atoms with van der Waals surface area (Å²) in [4.78, 5) is 9.05. The van der Waals surface area contributed by atoms with Gasteiger partial charge in [-0.2, -0.15) is 5.26 Å². The molecule has 7 rings (SSSR count). The average molecular weight is 499 g/mol. The summed E-state index contributed by atoms with van der Waals surface area (Å²) in [6.07, 6.45) is 3.52. The molecule has 0 bridgehead atoms. The molecule has 0 N–H and O–H groups in total. The van der Waals surface area contributed by atoms with Crippen LogP contribution in [0.2, 0.25) is 0 Å². The molecule has 0 unspecified atom stereocenters. The summed E-state index contributed by atoms with van der Waals surface area (Å²) >= 11 is 0. The van der Waals surface area contributed by atoms with Gasteiger partial charge in [0.25, 0.3) is 0 Å². The maximum absolute atomic E-state index is 9.22. The van der Waals surface area contributed by atoms with Crippen molar-refractivity contribution in [2.45, 2.75) is 0 Å². The highest BCUT2D eigenvalue weighted by molar-refractivity contribution is 6.11. The van der Waals surface area contributed by atoms with Crippen molar-refractivity contribution in [1.29, 1.82) is 5.26 Å². The molecular weight excluding hydrogens is 476 g/mol. The van der Waals surface area contributed by atoms with Gasteiger partial charge in [0, 0.05) is 34.4 Å². The summed E-state index contributed by atoms with van der Waals surface area (Å²) in [5.41, 5.74) is 9.94. The highest BCUT2D eigenvalue weighted by atomic mass is 15.0. The van der Waals surface area contributed by atoms with Crippen LogP contribution in [0.5, 0.6) is 0 Å². The largest absolute Gasteiger partial charge is 0.309 e. The standard InChI is InChI=1S/C35H22N4/c36-22-24-17-18-37-33(19-24)32-16-13-28(23-38-32)27-12-15-31-30-14-11-26(25-7-3-1-4-8-25)20-34(30)39(35(31)21-27)29-9-5-2-6-10-29/h1-21,23H. The van der Waals surface area contributed by atoms with E-state index in [0.29, 0.717) is 11.3 Å². The molecule has 0 aliphatic carbocycles. The van der Waals surface area contributed by atoms with E-state index in [4.69, 9.17) is 0 Å². The minimum atomic E-state index is 0.570. The molecule has 0 aliphatic heterocycles. The summed E-state index contributed by atoms with van der Waals surface area (Å²) < 4.78 is 2.35. The normalized spacial score (nSPS) is 11.1. The van der Waals surface area contributed by atoms with Crippen LogP contribution in [0.1, 0.15) is 5.56 Å². The third-order valence-corrected chi connectivity index (χ3v) is 7.14. The molecule has 0 radical (unpaired) electrons. The van der Waals surface area contributed by atoms with Crippen LogP contribution in [0.3, 0.4) is 0 Å². The molecule has 7 aromatic rings. The van der Waals surface area contributed by atoms with E-state index in [1.165, 1.54) is 27.4 Å². The fourth-order valence-corrected chi connectivity index (χ4v) is 5.22. The Bertz CT molecular complexity index is 2000. The number of aromatic nitrogens is 3. The fraction of sp³-hybridized carbons (Fsp3) is 0. The third kappa shape index (κ3) is 4.03.